The van der Waals surface area contributed by atoms with Gasteiger partial charge in [-0.15, -0.1) is 10.2 Å². The summed E-state index contributed by atoms with van der Waals surface area (Å²) in [6.07, 6.45) is -1.39. The van der Waals surface area contributed by atoms with Crippen LogP contribution in [0.15, 0.2) is 67.4 Å². The Hall–Kier alpha value is -4.50. The molecule has 0 radical (unpaired) electrons. The quantitative estimate of drug-likeness (QED) is 0.0636. The fourth-order valence-corrected chi connectivity index (χ4v) is 6.90. The Kier molecular flexibility index (Phi) is 9.72. The van der Waals surface area contributed by atoms with Gasteiger partial charge in [-0.05, 0) is 41.8 Å². The van der Waals surface area contributed by atoms with E-state index in [0.29, 0.717) is 6.07 Å². The van der Waals surface area contributed by atoms with Crippen LogP contribution in [0.3, 0.4) is 0 Å². The van der Waals surface area contributed by atoms with Gasteiger partial charge in [0.15, 0.2) is 21.3 Å². The molecule has 48 heavy (non-hydrogen) atoms. The van der Waals surface area contributed by atoms with Gasteiger partial charge in [-0.1, -0.05) is 0 Å². The highest BCUT2D eigenvalue weighted by Gasteiger charge is 2.27. The van der Waals surface area contributed by atoms with E-state index in [0.717, 1.165) is 17.0 Å². The molecule has 0 aliphatic carbocycles. The third-order valence-corrected chi connectivity index (χ3v) is 10.1. The summed E-state index contributed by atoms with van der Waals surface area (Å²) in [6.45, 7) is -1.16. The molecule has 0 saturated carbocycles. The molecule has 25 heteroatoms. The summed E-state index contributed by atoms with van der Waals surface area (Å²) in [5.41, 5.74) is -1.92. The number of rotatable bonds is 11. The second-order valence-electron chi connectivity index (χ2n) is 9.36. The summed E-state index contributed by atoms with van der Waals surface area (Å²) >= 11 is 0. The number of aromatic nitrogens is 2. The maximum absolute atomic E-state index is 13.6. The second-order valence-corrected chi connectivity index (χ2v) is 15.3. The van der Waals surface area contributed by atoms with Crippen molar-refractivity contribution in [3.63, 3.8) is 0 Å². The van der Waals surface area contributed by atoms with Gasteiger partial charge < -0.3 is 15.1 Å². The van der Waals surface area contributed by atoms with Crippen molar-refractivity contribution in [3.05, 3.63) is 54.5 Å². The van der Waals surface area contributed by atoms with Crippen molar-refractivity contribution in [1.82, 2.24) is 9.97 Å². The summed E-state index contributed by atoms with van der Waals surface area (Å²) in [5.74, 6) is -5.04. The molecule has 1 aromatic heterocycles. The van der Waals surface area contributed by atoms with Gasteiger partial charge in [0.25, 0.3) is 20.2 Å². The largest absolute Gasteiger partial charge is 0.505 e. The zero-order chi connectivity index (χ0) is 36.0. The van der Waals surface area contributed by atoms with Crippen LogP contribution in [-0.4, -0.2) is 86.9 Å². The first-order valence-corrected chi connectivity index (χ1v) is 18.2. The van der Waals surface area contributed by atoms with Crippen molar-refractivity contribution in [1.29, 1.82) is 0 Å². The smallest absolute Gasteiger partial charge is 0.397 e. The molecule has 5 N–H and O–H groups in total. The van der Waals surface area contributed by atoms with Crippen LogP contribution >= 0.6 is 0 Å². The van der Waals surface area contributed by atoms with Crippen molar-refractivity contribution in [2.24, 2.45) is 10.2 Å². The monoisotopic (exact) mass is 755 g/mol. The molecule has 0 aliphatic rings. The predicted octanol–water partition coefficient (Wildman–Crippen LogP) is 2.59. The van der Waals surface area contributed by atoms with Gasteiger partial charge in [-0.25, -0.2) is 12.6 Å². The van der Waals surface area contributed by atoms with Crippen LogP contribution in [-0.2, 0) is 44.7 Å². The van der Waals surface area contributed by atoms with Gasteiger partial charge in [0, 0.05) is 24.2 Å². The third kappa shape index (κ3) is 8.13. The lowest BCUT2D eigenvalue weighted by Gasteiger charge is -2.19. The van der Waals surface area contributed by atoms with E-state index >= 15 is 0 Å². The fourth-order valence-electron chi connectivity index (χ4n) is 4.02. The number of fused-ring (bicyclic) bond motifs is 1. The Balaban J connectivity index is 1.86. The SMILES string of the molecule is CN(c1ccc2c(O)c(N=Nc3cc(S(=O)(=O)CCOS(=O)(=O)O)cc(S(=O)(=O)O)c3O)c(S(=O)(=O)O)cc2c1)c1cc(F)nc(F)n1. The third-order valence-electron chi connectivity index (χ3n) is 6.20. The number of sulfone groups is 1. The minimum absolute atomic E-state index is 0.102. The lowest BCUT2D eigenvalue weighted by molar-refractivity contribution is 0.284. The van der Waals surface area contributed by atoms with Gasteiger partial charge in [0.1, 0.15) is 27.0 Å². The van der Waals surface area contributed by atoms with Crippen LogP contribution in [0, 0.1) is 12.0 Å². The maximum Gasteiger partial charge on any atom is 0.397 e. The molecular formula is C23H19F2N5O14S4. The highest BCUT2D eigenvalue weighted by molar-refractivity contribution is 7.91. The first-order valence-electron chi connectivity index (χ1n) is 12.3. The Morgan fingerprint density at radius 2 is 1.46 bits per heavy atom. The Bertz CT molecular complexity index is 2420. The first-order chi connectivity index (χ1) is 22.0. The average Bonchev–Trinajstić information content (AvgIpc) is 2.94. The van der Waals surface area contributed by atoms with Crippen molar-refractivity contribution < 1.29 is 70.5 Å². The van der Waals surface area contributed by atoms with Crippen molar-refractivity contribution in [2.45, 2.75) is 14.7 Å². The van der Waals surface area contributed by atoms with Crippen LogP contribution < -0.4 is 4.90 Å². The molecule has 4 rings (SSSR count). The first kappa shape index (κ1) is 36.3. The van der Waals surface area contributed by atoms with E-state index in [1.807, 2.05) is 0 Å². The minimum Gasteiger partial charge on any atom is -0.505 e. The number of phenols is 2. The molecule has 4 aromatic rings. The molecule has 0 fully saturated rings. The van der Waals surface area contributed by atoms with Crippen LogP contribution in [0.2, 0.25) is 0 Å². The number of aromatic hydroxyl groups is 2. The number of hydrogen-bond donors (Lipinski definition) is 5. The summed E-state index contributed by atoms with van der Waals surface area (Å²) in [7, 11) is -19.1. The number of benzene rings is 3. The second kappa shape index (κ2) is 12.8. The summed E-state index contributed by atoms with van der Waals surface area (Å²) in [6, 6.07) is 6.01. The molecule has 1 heterocycles. The van der Waals surface area contributed by atoms with Gasteiger partial charge in [-0.2, -0.15) is 44.0 Å². The highest BCUT2D eigenvalue weighted by Crippen LogP contribution is 2.44. The van der Waals surface area contributed by atoms with Gasteiger partial charge in [0.05, 0.1) is 17.3 Å². The van der Waals surface area contributed by atoms with Crippen molar-refractivity contribution in [3.8, 4) is 11.5 Å². The number of phenolic OH excluding ortho intramolecular Hbond substituents is 2. The van der Waals surface area contributed by atoms with Gasteiger partial charge >= 0.3 is 16.5 Å². The molecular weight excluding hydrogens is 737 g/mol. The lowest BCUT2D eigenvalue weighted by atomic mass is 10.1. The number of anilines is 2. The van der Waals surface area contributed by atoms with Crippen LogP contribution in [0.4, 0.5) is 31.7 Å². The topological polar surface area (TPSA) is 301 Å². The zero-order valence-electron chi connectivity index (χ0n) is 23.5. The maximum atomic E-state index is 13.6. The van der Waals surface area contributed by atoms with Crippen LogP contribution in [0.25, 0.3) is 10.8 Å². The molecule has 0 saturated heterocycles. The summed E-state index contributed by atoms with van der Waals surface area (Å²) in [5, 5.41) is 28.0. The van der Waals surface area contributed by atoms with Crippen LogP contribution in [0.1, 0.15) is 0 Å². The molecule has 0 unspecified atom stereocenters. The van der Waals surface area contributed by atoms with E-state index in [2.05, 4.69) is 24.4 Å². The van der Waals surface area contributed by atoms with E-state index < -0.39 is 102 Å². The molecule has 258 valence electrons. The number of azo groups is 1. The number of nitrogens with zero attached hydrogens (tertiary/aromatic N) is 5. The normalized spacial score (nSPS) is 13.0. The highest BCUT2D eigenvalue weighted by atomic mass is 32.3. The zero-order valence-corrected chi connectivity index (χ0v) is 26.8. The summed E-state index contributed by atoms with van der Waals surface area (Å²) in [4.78, 5) is 3.92. The molecule has 0 atom stereocenters. The van der Waals surface area contributed by atoms with E-state index in [1.165, 1.54) is 25.2 Å². The molecule has 0 amide bonds. The van der Waals surface area contributed by atoms with Crippen molar-refractivity contribution >= 4 is 74.1 Å². The van der Waals surface area contributed by atoms with Gasteiger partial charge in [0.2, 0.25) is 5.95 Å². The summed E-state index contributed by atoms with van der Waals surface area (Å²) < 4.78 is 155. The Morgan fingerprint density at radius 1 is 0.812 bits per heavy atom. The lowest BCUT2D eigenvalue weighted by Crippen LogP contribution is -2.16. The predicted molar refractivity (Wildman–Crippen MR) is 157 cm³/mol. The van der Waals surface area contributed by atoms with E-state index in [9.17, 15) is 61.8 Å². The molecule has 0 spiro atoms. The number of hydrogen-bond acceptors (Lipinski definition) is 16. The Labute approximate surface area is 269 Å². The van der Waals surface area contributed by atoms with E-state index in [1.54, 1.807) is 0 Å². The van der Waals surface area contributed by atoms with Crippen LogP contribution in [0.5, 0.6) is 11.5 Å². The van der Waals surface area contributed by atoms with Gasteiger partial charge in [-0.3, -0.25) is 13.7 Å². The van der Waals surface area contributed by atoms with E-state index in [4.69, 9.17) is 4.55 Å². The molecule has 0 aliphatic heterocycles. The molecule has 0 bridgehead atoms. The minimum atomic E-state index is -5.39. The average molecular weight is 756 g/mol. The molecule has 3 aromatic carbocycles. The number of halogens is 2. The van der Waals surface area contributed by atoms with Crippen molar-refractivity contribution in [2.75, 3.05) is 24.3 Å². The molecule has 19 nitrogen and oxygen atoms in total. The Morgan fingerprint density at radius 3 is 2.04 bits per heavy atom. The standard InChI is InChI=1S/C23H19F2N5O14S4/c1-30(19-10-18(24)26-23(25)27-19)12-2-3-14-11(6-12)7-16(46(35,36)37)20(21(14)31)29-28-15-8-13(9-17(22(15)32)47(38,39)40)45(33,34)5-4-44-48(41,42)43/h2-3,6-10,31-32H,4-5H2,1H3,(H,35,36,37)(H,38,39,40)(H,41,42,43). The van der Waals surface area contributed by atoms with E-state index in [-0.39, 0.29) is 28.3 Å². The fraction of sp³-hybridized carbons (Fsp3) is 0.130.